The maximum atomic E-state index is 11.8. The Kier molecular flexibility index (Phi) is 2.85. The zero-order valence-electron chi connectivity index (χ0n) is 10.7. The summed E-state index contributed by atoms with van der Waals surface area (Å²) >= 11 is 0. The summed E-state index contributed by atoms with van der Waals surface area (Å²) in [5.41, 5.74) is 0.631. The quantitative estimate of drug-likeness (QED) is 0.847. The monoisotopic (exact) mass is 295 g/mol. The summed E-state index contributed by atoms with van der Waals surface area (Å²) in [4.78, 5) is 11.7. The minimum absolute atomic E-state index is 0.273. The second kappa shape index (κ2) is 4.44. The van der Waals surface area contributed by atoms with Crippen molar-refractivity contribution >= 4 is 15.7 Å². The molecule has 0 saturated heterocycles. The second-order valence-corrected chi connectivity index (χ2v) is 6.65. The van der Waals surface area contributed by atoms with Crippen LogP contribution in [0.2, 0.25) is 0 Å². The molecular weight excluding hydrogens is 282 g/mol. The normalized spacial score (nSPS) is 15.2. The molecule has 1 fully saturated rings. The number of nitrogens with one attached hydrogen (secondary N) is 1. The first-order valence-electron chi connectivity index (χ1n) is 6.08. The Morgan fingerprint density at radius 2 is 1.85 bits per heavy atom. The maximum Gasteiger partial charge on any atom is 0.368 e. The summed E-state index contributed by atoms with van der Waals surface area (Å²) in [6, 6.07) is 6.41. The van der Waals surface area contributed by atoms with Gasteiger partial charge in [-0.15, -0.1) is 0 Å². The molecule has 1 saturated carbocycles. The van der Waals surface area contributed by atoms with E-state index in [9.17, 15) is 13.2 Å². The largest absolute Gasteiger partial charge is 0.368 e. The molecule has 20 heavy (non-hydrogen) atoms. The number of aromatic nitrogens is 4. The molecule has 0 aliphatic heterocycles. The van der Waals surface area contributed by atoms with Crippen LogP contribution in [0.1, 0.15) is 12.8 Å². The third kappa shape index (κ3) is 2.31. The Morgan fingerprint density at radius 1 is 1.20 bits per heavy atom. The first-order valence-corrected chi connectivity index (χ1v) is 7.63. The van der Waals surface area contributed by atoms with Gasteiger partial charge in [0.2, 0.25) is 10.0 Å². The average Bonchev–Trinajstić information content (AvgIpc) is 3.20. The molecule has 0 atom stereocenters. The van der Waals surface area contributed by atoms with E-state index in [1.165, 1.54) is 7.05 Å². The molecule has 0 spiro atoms. The molecule has 2 aromatic rings. The Balaban J connectivity index is 1.85. The molecule has 8 nitrogen and oxygen atoms in total. The average molecular weight is 295 g/mol. The molecule has 1 aromatic heterocycles. The molecule has 0 unspecified atom stereocenters. The number of nitrogens with zero attached hydrogens (tertiary/aromatic N) is 4. The summed E-state index contributed by atoms with van der Waals surface area (Å²) < 4.78 is 28.3. The molecule has 1 N–H and O–H groups in total. The molecular formula is C11H13N5O3S. The zero-order valence-corrected chi connectivity index (χ0v) is 11.5. The molecule has 0 amide bonds. The summed E-state index contributed by atoms with van der Waals surface area (Å²) in [6.45, 7) is 0. The highest BCUT2D eigenvalue weighted by Gasteiger charge is 2.35. The Hall–Kier alpha value is -2.16. The summed E-state index contributed by atoms with van der Waals surface area (Å²) in [5.74, 6) is 0. The van der Waals surface area contributed by atoms with Gasteiger partial charge in [-0.05, 0) is 47.5 Å². The molecule has 1 aromatic carbocycles. The van der Waals surface area contributed by atoms with Crippen molar-refractivity contribution in [3.8, 4) is 5.69 Å². The standard InChI is InChI=1S/C11H13N5O3S/c1-15-11(17)16(14-13-15)9-4-2-8(3-5-9)12-20(18,19)10-6-7-10/h2-5,10,12H,6-7H2,1H3. The summed E-state index contributed by atoms with van der Waals surface area (Å²) in [5, 5.41) is 7.04. The number of hydrogen-bond acceptors (Lipinski definition) is 5. The van der Waals surface area contributed by atoms with E-state index in [0.717, 1.165) is 9.36 Å². The van der Waals surface area contributed by atoms with Crippen molar-refractivity contribution in [3.63, 3.8) is 0 Å². The Morgan fingerprint density at radius 3 is 2.35 bits per heavy atom. The fraction of sp³-hybridized carbons (Fsp3) is 0.364. The number of hydrogen-bond donors (Lipinski definition) is 1. The van der Waals surface area contributed by atoms with Crippen LogP contribution in [0.4, 0.5) is 5.69 Å². The van der Waals surface area contributed by atoms with Gasteiger partial charge in [0, 0.05) is 12.7 Å². The van der Waals surface area contributed by atoms with E-state index in [1.807, 2.05) is 0 Å². The molecule has 3 rings (SSSR count). The van der Waals surface area contributed by atoms with E-state index in [0.29, 0.717) is 24.2 Å². The van der Waals surface area contributed by atoms with Gasteiger partial charge in [0.15, 0.2) is 0 Å². The number of aryl methyl sites for hydroxylation is 1. The highest BCUT2D eigenvalue weighted by molar-refractivity contribution is 7.93. The minimum atomic E-state index is -3.27. The van der Waals surface area contributed by atoms with Gasteiger partial charge >= 0.3 is 5.69 Å². The van der Waals surface area contributed by atoms with Gasteiger partial charge in [0.1, 0.15) is 0 Å². The smallest absolute Gasteiger partial charge is 0.283 e. The predicted molar refractivity (Wildman–Crippen MR) is 72.2 cm³/mol. The first kappa shape index (κ1) is 12.9. The molecule has 0 radical (unpaired) electrons. The lowest BCUT2D eigenvalue weighted by Crippen LogP contribution is -2.22. The van der Waals surface area contributed by atoms with Crippen LogP contribution in [-0.2, 0) is 17.1 Å². The molecule has 1 aliphatic carbocycles. The first-order chi connectivity index (χ1) is 9.47. The summed E-state index contributed by atoms with van der Waals surface area (Å²) in [6.07, 6.45) is 1.42. The van der Waals surface area contributed by atoms with Crippen molar-refractivity contribution in [1.29, 1.82) is 0 Å². The van der Waals surface area contributed by atoms with E-state index in [4.69, 9.17) is 0 Å². The van der Waals surface area contributed by atoms with Gasteiger partial charge in [0.05, 0.1) is 10.9 Å². The van der Waals surface area contributed by atoms with Crippen LogP contribution >= 0.6 is 0 Å². The van der Waals surface area contributed by atoms with Crippen LogP contribution in [-0.4, -0.2) is 33.5 Å². The zero-order chi connectivity index (χ0) is 14.3. The third-order valence-corrected chi connectivity index (χ3v) is 4.93. The minimum Gasteiger partial charge on any atom is -0.283 e. The van der Waals surface area contributed by atoms with Crippen molar-refractivity contribution in [1.82, 2.24) is 19.8 Å². The van der Waals surface area contributed by atoms with Crippen molar-refractivity contribution in [2.24, 2.45) is 7.05 Å². The molecule has 0 bridgehead atoms. The van der Waals surface area contributed by atoms with Crippen molar-refractivity contribution in [2.75, 3.05) is 4.72 Å². The summed E-state index contributed by atoms with van der Waals surface area (Å²) in [7, 11) is -1.77. The van der Waals surface area contributed by atoms with Gasteiger partial charge in [-0.2, -0.15) is 9.36 Å². The third-order valence-electron chi connectivity index (χ3n) is 3.06. The van der Waals surface area contributed by atoms with Crippen LogP contribution in [0, 0.1) is 0 Å². The number of tetrazole rings is 1. The fourth-order valence-electron chi connectivity index (χ4n) is 1.77. The van der Waals surface area contributed by atoms with Gasteiger partial charge in [-0.25, -0.2) is 13.2 Å². The lowest BCUT2D eigenvalue weighted by Gasteiger charge is -2.07. The van der Waals surface area contributed by atoms with E-state index < -0.39 is 10.0 Å². The van der Waals surface area contributed by atoms with Crippen LogP contribution in [0.25, 0.3) is 5.69 Å². The van der Waals surface area contributed by atoms with E-state index >= 15 is 0 Å². The van der Waals surface area contributed by atoms with Gasteiger partial charge < -0.3 is 0 Å². The van der Waals surface area contributed by atoms with Crippen LogP contribution in [0.3, 0.4) is 0 Å². The molecule has 9 heteroatoms. The van der Waals surface area contributed by atoms with Crippen molar-refractivity contribution in [2.45, 2.75) is 18.1 Å². The molecule has 1 aliphatic rings. The Labute approximate surface area is 115 Å². The predicted octanol–water partition coefficient (Wildman–Crippen LogP) is -0.130. The lowest BCUT2D eigenvalue weighted by molar-refractivity contribution is 0.600. The highest BCUT2D eigenvalue weighted by atomic mass is 32.2. The van der Waals surface area contributed by atoms with E-state index in [-0.39, 0.29) is 10.9 Å². The topological polar surface area (TPSA) is 98.9 Å². The van der Waals surface area contributed by atoms with Crippen LogP contribution < -0.4 is 10.4 Å². The van der Waals surface area contributed by atoms with Crippen molar-refractivity contribution in [3.05, 3.63) is 34.7 Å². The fourth-order valence-corrected chi connectivity index (χ4v) is 3.16. The maximum absolute atomic E-state index is 11.8. The Bertz CT molecular complexity index is 786. The number of benzene rings is 1. The second-order valence-electron chi connectivity index (χ2n) is 4.69. The van der Waals surface area contributed by atoms with Crippen molar-refractivity contribution < 1.29 is 8.42 Å². The highest BCUT2D eigenvalue weighted by Crippen LogP contribution is 2.29. The molecule has 1 heterocycles. The molecule has 106 valence electrons. The van der Waals surface area contributed by atoms with Gasteiger partial charge in [0.25, 0.3) is 0 Å². The number of sulfonamides is 1. The van der Waals surface area contributed by atoms with E-state index in [2.05, 4.69) is 15.1 Å². The number of anilines is 1. The van der Waals surface area contributed by atoms with Gasteiger partial charge in [-0.1, -0.05) is 0 Å². The number of rotatable bonds is 4. The van der Waals surface area contributed by atoms with E-state index in [1.54, 1.807) is 24.3 Å². The lowest BCUT2D eigenvalue weighted by atomic mass is 10.3. The SMILES string of the molecule is Cn1nnn(-c2ccc(NS(=O)(=O)C3CC3)cc2)c1=O. The van der Waals surface area contributed by atoms with Crippen LogP contribution in [0.15, 0.2) is 29.1 Å². The van der Waals surface area contributed by atoms with Crippen LogP contribution in [0.5, 0.6) is 0 Å². The van der Waals surface area contributed by atoms with Gasteiger partial charge in [-0.3, -0.25) is 4.72 Å².